The molecule has 4 N–H and O–H groups in total. The molecule has 15 heteroatoms. The van der Waals surface area contributed by atoms with Gasteiger partial charge in [-0.05, 0) is 31.9 Å². The molecule has 1 saturated carbocycles. The molecule has 0 radical (unpaired) electrons. The van der Waals surface area contributed by atoms with Gasteiger partial charge in [-0.1, -0.05) is 11.2 Å². The second kappa shape index (κ2) is 10.5. The number of aromatic nitrogens is 4. The third kappa shape index (κ3) is 6.18. The Morgan fingerprint density at radius 3 is 2.70 bits per heavy atom. The molecular weight excluding hydrogens is 504 g/mol. The number of anilines is 3. The van der Waals surface area contributed by atoms with Crippen molar-refractivity contribution in [3.05, 3.63) is 35.8 Å². The van der Waals surface area contributed by atoms with Crippen LogP contribution in [-0.4, -0.2) is 60.9 Å². The first-order valence-electron chi connectivity index (χ1n) is 12.5. The summed E-state index contributed by atoms with van der Waals surface area (Å²) in [7, 11) is -2.15. The van der Waals surface area contributed by atoms with Crippen molar-refractivity contribution in [3.8, 4) is 17.2 Å². The maximum Gasteiger partial charge on any atom is 0.273 e. The number of carbonyl (C=O) groups excluding carboxylic acids is 2. The summed E-state index contributed by atoms with van der Waals surface area (Å²) in [6.07, 6.45) is 2.52. The van der Waals surface area contributed by atoms with Crippen LogP contribution in [-0.2, 0) is 14.8 Å². The number of hydrogen-bond acceptors (Lipinski definition) is 11. The van der Waals surface area contributed by atoms with E-state index < -0.39 is 28.9 Å². The molecule has 1 fully saturated rings. The van der Waals surface area contributed by atoms with Gasteiger partial charge in [0.1, 0.15) is 0 Å². The zero-order chi connectivity index (χ0) is 29.2. The average molecular weight is 534 g/mol. The lowest BCUT2D eigenvalue weighted by Crippen LogP contribution is -2.26. The number of ether oxygens (including phenoxy) is 1. The van der Waals surface area contributed by atoms with Crippen molar-refractivity contribution in [1.29, 1.82) is 0 Å². The first-order chi connectivity index (χ1) is 18.7. The number of methoxy groups -OCH3 is 1. The molecule has 0 aliphatic heterocycles. The molecule has 2 aromatic heterocycles. The monoisotopic (exact) mass is 533 g/mol. The highest BCUT2D eigenvalue weighted by atomic mass is 32.2. The maximum atomic E-state index is 12.7. The lowest BCUT2D eigenvalue weighted by Gasteiger charge is -2.16. The molecule has 2 heterocycles. The SMILES string of the molecule is [2H]C([2H])([2H])NC(=O)c1nnc(NC(=O)C2CC2)cc1Nc1cccc(-c2nc([C@H](C)NS(C)(=O)=O)no2)c1OC. The number of rotatable bonds is 10. The summed E-state index contributed by atoms with van der Waals surface area (Å²) in [4.78, 5) is 29.2. The molecule has 0 saturated heterocycles. The van der Waals surface area contributed by atoms with Crippen molar-refractivity contribution in [1.82, 2.24) is 30.4 Å². The second-order valence-corrected chi connectivity index (χ2v) is 10.1. The van der Waals surface area contributed by atoms with Crippen molar-refractivity contribution in [2.75, 3.05) is 31.0 Å². The zero-order valence-electron chi connectivity index (χ0n) is 23.0. The molecule has 1 aromatic carbocycles. The first-order valence-corrected chi connectivity index (χ1v) is 12.9. The van der Waals surface area contributed by atoms with Crippen molar-refractivity contribution in [3.63, 3.8) is 0 Å². The Bertz CT molecular complexity index is 1540. The Hall–Kier alpha value is -4.11. The molecule has 4 rings (SSSR count). The van der Waals surface area contributed by atoms with Gasteiger partial charge in [0.25, 0.3) is 11.8 Å². The number of nitrogens with one attached hydrogen (secondary N) is 4. The first kappa shape index (κ1) is 22.1. The van der Waals surface area contributed by atoms with Gasteiger partial charge in [0.05, 0.1) is 36.3 Å². The molecule has 37 heavy (non-hydrogen) atoms. The van der Waals surface area contributed by atoms with Crippen LogP contribution in [0.2, 0.25) is 0 Å². The lowest BCUT2D eigenvalue weighted by atomic mass is 10.1. The highest BCUT2D eigenvalue weighted by Crippen LogP contribution is 2.38. The number of hydrogen-bond donors (Lipinski definition) is 4. The summed E-state index contributed by atoms with van der Waals surface area (Å²) in [5, 5.41) is 19.0. The number of para-hydroxylation sites is 1. The van der Waals surface area contributed by atoms with Crippen LogP contribution in [0.1, 0.15) is 46.2 Å². The standard InChI is InChI=1S/C22H26N8O6S/c1-11(30-37(4,33)34)19-26-22(36-29-19)13-6-5-7-14(18(13)35-3)24-15-10-16(25-20(31)12-8-9-12)27-28-17(15)21(32)23-2/h5-7,10-12,30H,8-9H2,1-4H3,(H,23,32)(H2,24,25,27,31)/t11-/m0/s1/i2D3. The summed E-state index contributed by atoms with van der Waals surface area (Å²) in [6.45, 7) is -1.24. The van der Waals surface area contributed by atoms with E-state index in [2.05, 4.69) is 35.7 Å². The Labute approximate surface area is 216 Å². The molecule has 196 valence electrons. The van der Waals surface area contributed by atoms with Crippen LogP contribution in [0.15, 0.2) is 28.8 Å². The predicted octanol–water partition coefficient (Wildman–Crippen LogP) is 1.60. The number of amides is 2. The van der Waals surface area contributed by atoms with Gasteiger partial charge >= 0.3 is 0 Å². The van der Waals surface area contributed by atoms with Crippen molar-refractivity contribution < 1.29 is 31.4 Å². The Balaban J connectivity index is 1.69. The Morgan fingerprint density at radius 1 is 1.24 bits per heavy atom. The summed E-state index contributed by atoms with van der Waals surface area (Å²) < 4.78 is 58.5. The molecule has 0 unspecified atom stereocenters. The molecule has 1 atom stereocenters. The summed E-state index contributed by atoms with van der Waals surface area (Å²) >= 11 is 0. The van der Waals surface area contributed by atoms with Crippen molar-refractivity contribution in [2.45, 2.75) is 25.8 Å². The molecule has 0 bridgehead atoms. The minimum atomic E-state index is -3.53. The highest BCUT2D eigenvalue weighted by molar-refractivity contribution is 7.88. The molecular formula is C22H26N8O6S. The topological polar surface area (TPSA) is 190 Å². The quantitative estimate of drug-likeness (QED) is 0.296. The average Bonchev–Trinajstić information content (AvgIpc) is 3.58. The van der Waals surface area contributed by atoms with Crippen molar-refractivity contribution >= 4 is 39.0 Å². The van der Waals surface area contributed by atoms with E-state index in [1.807, 2.05) is 5.32 Å². The number of nitrogens with zero attached hydrogens (tertiary/aromatic N) is 4. The van der Waals surface area contributed by atoms with E-state index in [0.29, 0.717) is 5.56 Å². The van der Waals surface area contributed by atoms with Crippen molar-refractivity contribution in [2.24, 2.45) is 5.92 Å². The van der Waals surface area contributed by atoms with Crippen LogP contribution in [0.3, 0.4) is 0 Å². The largest absolute Gasteiger partial charge is 0.494 e. The molecule has 14 nitrogen and oxygen atoms in total. The van der Waals surface area contributed by atoms with Crippen LogP contribution >= 0.6 is 0 Å². The summed E-state index contributed by atoms with van der Waals surface area (Å²) in [5.41, 5.74) is 0.289. The van der Waals surface area contributed by atoms with Crippen LogP contribution in [0.25, 0.3) is 11.5 Å². The van der Waals surface area contributed by atoms with Gasteiger partial charge in [0, 0.05) is 23.1 Å². The molecule has 2 amide bonds. The summed E-state index contributed by atoms with van der Waals surface area (Å²) in [6, 6.07) is 5.41. The number of sulfonamides is 1. The molecule has 3 aromatic rings. The normalized spacial score (nSPS) is 15.6. The van der Waals surface area contributed by atoms with Crippen LogP contribution in [0.5, 0.6) is 5.75 Å². The Kier molecular flexibility index (Phi) is 6.26. The second-order valence-electron chi connectivity index (χ2n) is 8.29. The van der Waals surface area contributed by atoms with Crippen LogP contribution in [0, 0.1) is 5.92 Å². The molecule has 0 spiro atoms. The molecule has 1 aliphatic rings. The van der Waals surface area contributed by atoms with E-state index in [0.717, 1.165) is 19.1 Å². The van der Waals surface area contributed by atoms with Crippen LogP contribution < -0.4 is 25.4 Å². The lowest BCUT2D eigenvalue weighted by molar-refractivity contribution is -0.117. The van der Waals surface area contributed by atoms with E-state index in [4.69, 9.17) is 13.4 Å². The third-order valence-corrected chi connectivity index (χ3v) is 6.04. The number of benzene rings is 1. The fraction of sp³-hybridized carbons (Fsp3) is 0.364. The summed E-state index contributed by atoms with van der Waals surface area (Å²) in [5.74, 6) is -1.05. The van der Waals surface area contributed by atoms with Gasteiger partial charge in [0.2, 0.25) is 15.9 Å². The third-order valence-electron chi connectivity index (χ3n) is 5.26. The maximum absolute atomic E-state index is 12.7. The van der Waals surface area contributed by atoms with Gasteiger partial charge in [0.15, 0.2) is 23.1 Å². The number of carbonyl (C=O) groups is 2. The minimum Gasteiger partial charge on any atom is -0.494 e. The van der Waals surface area contributed by atoms with Crippen LogP contribution in [0.4, 0.5) is 17.2 Å². The van der Waals surface area contributed by atoms with Gasteiger partial charge in [-0.2, -0.15) is 4.98 Å². The van der Waals surface area contributed by atoms with E-state index >= 15 is 0 Å². The van der Waals surface area contributed by atoms with E-state index in [9.17, 15) is 18.0 Å². The van der Waals surface area contributed by atoms with E-state index in [1.165, 1.54) is 13.2 Å². The zero-order valence-corrected chi connectivity index (χ0v) is 20.8. The fourth-order valence-electron chi connectivity index (χ4n) is 3.41. The van der Waals surface area contributed by atoms with E-state index in [-0.39, 0.29) is 52.2 Å². The molecule has 1 aliphatic carbocycles. The minimum absolute atomic E-state index is 0.0169. The predicted molar refractivity (Wildman–Crippen MR) is 133 cm³/mol. The smallest absolute Gasteiger partial charge is 0.273 e. The van der Waals surface area contributed by atoms with Gasteiger partial charge in [-0.25, -0.2) is 13.1 Å². The fourth-order valence-corrected chi connectivity index (χ4v) is 4.16. The van der Waals surface area contributed by atoms with Gasteiger partial charge in [-0.3, -0.25) is 9.59 Å². The van der Waals surface area contributed by atoms with Gasteiger partial charge < -0.3 is 25.2 Å². The Morgan fingerprint density at radius 2 is 2.03 bits per heavy atom. The van der Waals surface area contributed by atoms with Gasteiger partial charge in [-0.15, -0.1) is 10.2 Å². The highest BCUT2D eigenvalue weighted by Gasteiger charge is 2.30. The van der Waals surface area contributed by atoms with E-state index in [1.54, 1.807) is 25.1 Å².